The average molecular weight is 592 g/mol. The van der Waals surface area contributed by atoms with Gasteiger partial charge in [-0.15, -0.1) is 11.3 Å². The smallest absolute Gasteiger partial charge is 0.412 e. The summed E-state index contributed by atoms with van der Waals surface area (Å²) in [5.74, 6) is -0.799. The summed E-state index contributed by atoms with van der Waals surface area (Å²) in [7, 11) is 2.77. The SMILES string of the molecule is COC(=O)c1cncc(NC(=O)OC(C)C(C)Oc2cc3sc(-c4cc(C)cc5nc(OC)cnc45)nc3cc2F)c1. The molecule has 5 aromatic rings. The Morgan fingerprint density at radius 2 is 1.79 bits per heavy atom. The number of aryl methyl sites for hydroxylation is 1. The first-order valence-corrected chi connectivity index (χ1v) is 13.6. The molecular formula is C29H26FN5O6S. The zero-order valence-corrected chi connectivity index (χ0v) is 24.1. The molecule has 2 unspecified atom stereocenters. The minimum Gasteiger partial charge on any atom is -0.484 e. The number of aromatic nitrogens is 4. The summed E-state index contributed by atoms with van der Waals surface area (Å²) in [5.41, 5.74) is 3.94. The molecule has 13 heteroatoms. The molecule has 0 aliphatic carbocycles. The number of esters is 1. The van der Waals surface area contributed by atoms with E-state index in [0.29, 0.717) is 32.1 Å². The largest absolute Gasteiger partial charge is 0.484 e. The van der Waals surface area contributed by atoms with Gasteiger partial charge in [-0.1, -0.05) is 0 Å². The van der Waals surface area contributed by atoms with E-state index in [0.717, 1.165) is 11.1 Å². The van der Waals surface area contributed by atoms with E-state index in [9.17, 15) is 9.59 Å². The molecule has 0 spiro atoms. The quantitative estimate of drug-likeness (QED) is 0.216. The van der Waals surface area contributed by atoms with Gasteiger partial charge in [0.05, 0.1) is 59.1 Å². The number of ether oxygens (including phenoxy) is 4. The number of amides is 1. The third-order valence-electron chi connectivity index (χ3n) is 6.32. The van der Waals surface area contributed by atoms with Crippen molar-refractivity contribution in [2.45, 2.75) is 33.0 Å². The molecule has 2 atom stereocenters. The highest BCUT2D eigenvalue weighted by Gasteiger charge is 2.22. The maximum atomic E-state index is 15.1. The predicted octanol–water partition coefficient (Wildman–Crippen LogP) is 5.95. The zero-order chi connectivity index (χ0) is 30.0. The lowest BCUT2D eigenvalue weighted by atomic mass is 10.1. The van der Waals surface area contributed by atoms with Gasteiger partial charge in [0.25, 0.3) is 0 Å². The molecule has 0 aliphatic heterocycles. The van der Waals surface area contributed by atoms with Gasteiger partial charge in [-0.05, 0) is 44.5 Å². The fraction of sp³-hybridized carbons (Fsp3) is 0.241. The highest BCUT2D eigenvalue weighted by molar-refractivity contribution is 7.21. The van der Waals surface area contributed by atoms with Crippen LogP contribution in [-0.2, 0) is 9.47 Å². The Morgan fingerprint density at radius 1 is 0.976 bits per heavy atom. The van der Waals surface area contributed by atoms with E-state index in [1.807, 2.05) is 19.1 Å². The van der Waals surface area contributed by atoms with Crippen LogP contribution in [0.2, 0.25) is 0 Å². The molecule has 0 bridgehead atoms. The van der Waals surface area contributed by atoms with Crippen LogP contribution in [0.15, 0.2) is 48.9 Å². The lowest BCUT2D eigenvalue weighted by Gasteiger charge is -2.22. The Labute approximate surface area is 243 Å². The van der Waals surface area contributed by atoms with Crippen molar-refractivity contribution in [1.82, 2.24) is 19.9 Å². The Hall–Kier alpha value is -4.91. The van der Waals surface area contributed by atoms with Crippen LogP contribution in [-0.4, -0.2) is 58.4 Å². The first kappa shape index (κ1) is 28.6. The van der Waals surface area contributed by atoms with Gasteiger partial charge in [0.1, 0.15) is 17.2 Å². The summed E-state index contributed by atoms with van der Waals surface area (Å²) in [4.78, 5) is 41.7. The predicted molar refractivity (Wildman–Crippen MR) is 155 cm³/mol. The molecule has 0 saturated carbocycles. The number of halogens is 1. The fourth-order valence-corrected chi connectivity index (χ4v) is 5.08. The van der Waals surface area contributed by atoms with Gasteiger partial charge in [-0.25, -0.2) is 28.9 Å². The van der Waals surface area contributed by atoms with Crippen molar-refractivity contribution >= 4 is 50.3 Å². The topological polar surface area (TPSA) is 135 Å². The van der Waals surface area contributed by atoms with Crippen LogP contribution in [0, 0.1) is 12.7 Å². The van der Waals surface area contributed by atoms with Crippen LogP contribution < -0.4 is 14.8 Å². The summed E-state index contributed by atoms with van der Waals surface area (Å²) in [6.07, 6.45) is 1.95. The molecule has 42 heavy (non-hydrogen) atoms. The lowest BCUT2D eigenvalue weighted by molar-refractivity contribution is 0.0402. The number of thiazole rings is 1. The first-order valence-electron chi connectivity index (χ1n) is 12.7. The van der Waals surface area contributed by atoms with E-state index in [1.54, 1.807) is 26.1 Å². The van der Waals surface area contributed by atoms with E-state index in [2.05, 4.69) is 30.0 Å². The number of anilines is 1. The van der Waals surface area contributed by atoms with E-state index in [-0.39, 0.29) is 17.0 Å². The summed E-state index contributed by atoms with van der Waals surface area (Å²) in [6.45, 7) is 5.22. The summed E-state index contributed by atoms with van der Waals surface area (Å²) in [5, 5.41) is 3.16. The minimum absolute atomic E-state index is 0.00494. The number of hydrogen-bond donors (Lipinski definition) is 1. The molecule has 216 valence electrons. The number of carbonyl (C=O) groups is 2. The molecule has 0 fully saturated rings. The highest BCUT2D eigenvalue weighted by atomic mass is 32.1. The van der Waals surface area contributed by atoms with Gasteiger partial charge in [0.15, 0.2) is 11.6 Å². The molecule has 3 heterocycles. The van der Waals surface area contributed by atoms with Crippen molar-refractivity contribution in [1.29, 1.82) is 0 Å². The zero-order valence-electron chi connectivity index (χ0n) is 23.3. The van der Waals surface area contributed by atoms with Crippen LogP contribution in [0.3, 0.4) is 0 Å². The maximum Gasteiger partial charge on any atom is 0.412 e. The molecule has 2 aromatic carbocycles. The van der Waals surface area contributed by atoms with Crippen LogP contribution in [0.4, 0.5) is 14.9 Å². The van der Waals surface area contributed by atoms with Crippen molar-refractivity contribution in [3.05, 3.63) is 65.9 Å². The number of nitrogens with zero attached hydrogens (tertiary/aromatic N) is 4. The molecule has 1 N–H and O–H groups in total. The second-order valence-electron chi connectivity index (χ2n) is 9.37. The van der Waals surface area contributed by atoms with Crippen molar-refractivity contribution in [3.8, 4) is 22.2 Å². The normalized spacial score (nSPS) is 12.5. The number of methoxy groups -OCH3 is 2. The number of fused-ring (bicyclic) bond motifs is 2. The minimum atomic E-state index is -0.795. The third-order valence-corrected chi connectivity index (χ3v) is 7.37. The number of pyridine rings is 1. The number of rotatable bonds is 8. The molecule has 1 amide bonds. The number of hydrogen-bond acceptors (Lipinski definition) is 11. The third kappa shape index (κ3) is 6.05. The van der Waals surface area contributed by atoms with Gasteiger partial charge in [0, 0.05) is 23.9 Å². The van der Waals surface area contributed by atoms with Gasteiger partial charge < -0.3 is 18.9 Å². The van der Waals surface area contributed by atoms with E-state index in [1.165, 1.54) is 50.1 Å². The highest BCUT2D eigenvalue weighted by Crippen LogP contribution is 2.37. The van der Waals surface area contributed by atoms with Crippen molar-refractivity contribution in [3.63, 3.8) is 0 Å². The number of carbonyl (C=O) groups excluding carboxylic acids is 2. The Kier molecular flexibility index (Phi) is 8.11. The van der Waals surface area contributed by atoms with Crippen LogP contribution in [0.1, 0.15) is 29.8 Å². The molecule has 11 nitrogen and oxygen atoms in total. The molecule has 3 aromatic heterocycles. The number of nitrogens with one attached hydrogen (secondary N) is 1. The second kappa shape index (κ2) is 11.9. The summed E-state index contributed by atoms with van der Waals surface area (Å²) >= 11 is 1.37. The standard InChI is InChI=1S/C29H26FN5O6S/c1-14-6-19(26-22(7-14)34-25(38-4)13-32-26)27-35-21-9-20(30)23(10-24(21)42-27)40-15(2)16(3)41-29(37)33-18-8-17(11-31-12-18)28(36)39-5/h6-13,15-16H,1-5H3,(H,33,37). The van der Waals surface area contributed by atoms with E-state index < -0.39 is 30.1 Å². The molecule has 5 rings (SSSR count). The van der Waals surface area contributed by atoms with E-state index in [4.69, 9.17) is 14.2 Å². The maximum absolute atomic E-state index is 15.1. The summed E-state index contributed by atoms with van der Waals surface area (Å²) in [6, 6.07) is 8.16. The first-order chi connectivity index (χ1) is 20.1. The van der Waals surface area contributed by atoms with Gasteiger partial charge in [-0.2, -0.15) is 0 Å². The number of benzene rings is 2. The molecule has 0 saturated heterocycles. The van der Waals surface area contributed by atoms with Crippen LogP contribution >= 0.6 is 11.3 Å². The van der Waals surface area contributed by atoms with Crippen molar-refractivity contribution in [2.24, 2.45) is 0 Å². The molecular weight excluding hydrogens is 565 g/mol. The second-order valence-corrected chi connectivity index (χ2v) is 10.4. The van der Waals surface area contributed by atoms with Crippen LogP contribution in [0.5, 0.6) is 11.6 Å². The van der Waals surface area contributed by atoms with Crippen LogP contribution in [0.25, 0.3) is 31.8 Å². The molecule has 0 radical (unpaired) electrons. The lowest BCUT2D eigenvalue weighted by Crippen LogP contribution is -2.32. The van der Waals surface area contributed by atoms with Gasteiger partial charge in [-0.3, -0.25) is 10.3 Å². The Balaban J connectivity index is 1.31. The van der Waals surface area contributed by atoms with Crippen molar-refractivity contribution in [2.75, 3.05) is 19.5 Å². The van der Waals surface area contributed by atoms with E-state index >= 15 is 4.39 Å². The van der Waals surface area contributed by atoms with Gasteiger partial charge in [0.2, 0.25) is 5.88 Å². The van der Waals surface area contributed by atoms with Crippen molar-refractivity contribution < 1.29 is 32.9 Å². The Bertz CT molecular complexity index is 1810. The summed E-state index contributed by atoms with van der Waals surface area (Å²) < 4.78 is 36.9. The Morgan fingerprint density at radius 3 is 2.55 bits per heavy atom. The fourth-order valence-electron chi connectivity index (χ4n) is 4.09. The average Bonchev–Trinajstić information content (AvgIpc) is 3.38. The monoisotopic (exact) mass is 591 g/mol. The van der Waals surface area contributed by atoms with Gasteiger partial charge >= 0.3 is 12.1 Å². The molecule has 0 aliphatic rings.